The van der Waals surface area contributed by atoms with Crippen LogP contribution in [0.4, 0.5) is 0 Å². The van der Waals surface area contributed by atoms with Gasteiger partial charge in [0.05, 0.1) is 37.8 Å². The van der Waals surface area contributed by atoms with Crippen LogP contribution in [-0.4, -0.2) is 26.4 Å². The molecule has 0 aliphatic carbocycles. The molecular formula is C32H68O4P2S4Zn. The summed E-state index contributed by atoms with van der Waals surface area (Å²) in [5, 5.41) is 0. The minimum absolute atomic E-state index is 0. The van der Waals surface area contributed by atoms with E-state index in [9.17, 15) is 0 Å². The Hall–Kier alpha value is 2.46. The SMILES string of the molecule is CCC(C)CC(C)COP(=S)([S-])OCC(C)CC(C)CC.CCC(C)CC(C)COP(=S)([S-])OCC(C)CC(C)CC.[Zn+2]. The molecule has 0 saturated heterocycles. The first kappa shape index (κ1) is 49.8. The van der Waals surface area contributed by atoms with Crippen LogP contribution >= 0.6 is 11.4 Å². The first-order valence-corrected chi connectivity index (χ1v) is 23.9. The summed E-state index contributed by atoms with van der Waals surface area (Å²) in [6.07, 6.45) is 9.45. The van der Waals surface area contributed by atoms with Crippen LogP contribution < -0.4 is 0 Å². The van der Waals surface area contributed by atoms with Gasteiger partial charge in [0.25, 0.3) is 0 Å². The van der Waals surface area contributed by atoms with Crippen molar-refractivity contribution in [2.45, 2.75) is 134 Å². The van der Waals surface area contributed by atoms with E-state index in [2.05, 4.69) is 83.1 Å². The van der Waals surface area contributed by atoms with Crippen LogP contribution in [0.2, 0.25) is 0 Å². The van der Waals surface area contributed by atoms with Crippen LogP contribution in [0.15, 0.2) is 0 Å². The molecule has 256 valence electrons. The van der Waals surface area contributed by atoms with Gasteiger partial charge in [0.1, 0.15) is 0 Å². The average molecular weight is 772 g/mol. The molecule has 0 saturated carbocycles. The summed E-state index contributed by atoms with van der Waals surface area (Å²) in [6.45, 7) is 29.3. The molecule has 0 radical (unpaired) electrons. The van der Waals surface area contributed by atoms with Gasteiger partial charge in [-0.3, -0.25) is 0 Å². The normalized spacial score (nSPS) is 20.0. The second-order valence-corrected chi connectivity index (χ2v) is 23.5. The van der Waals surface area contributed by atoms with Gasteiger partial charge in [0, 0.05) is 0 Å². The molecule has 8 atom stereocenters. The molecule has 0 aromatic heterocycles. The van der Waals surface area contributed by atoms with Crippen LogP contribution in [0.1, 0.15) is 134 Å². The molecule has 0 aliphatic rings. The van der Waals surface area contributed by atoms with Crippen LogP contribution in [-0.2, 0) is 85.7 Å². The first-order chi connectivity index (χ1) is 19.4. The third-order valence-electron chi connectivity index (χ3n) is 8.08. The van der Waals surface area contributed by atoms with Gasteiger partial charge in [-0.25, -0.2) is 0 Å². The molecule has 0 heterocycles. The Kier molecular flexibility index (Phi) is 32.8. The Bertz CT molecular complexity index is 640. The molecule has 0 rings (SSSR count). The summed E-state index contributed by atoms with van der Waals surface area (Å²) in [7, 11) is 0. The summed E-state index contributed by atoms with van der Waals surface area (Å²) in [4.78, 5) is 0. The van der Waals surface area contributed by atoms with Crippen LogP contribution in [0, 0.1) is 47.3 Å². The summed E-state index contributed by atoms with van der Waals surface area (Å²) < 4.78 is 22.9. The minimum Gasteiger partial charge on any atom is -0.691 e. The maximum Gasteiger partial charge on any atom is 2.00 e. The zero-order valence-corrected chi connectivity index (χ0v) is 38.0. The molecule has 43 heavy (non-hydrogen) atoms. The van der Waals surface area contributed by atoms with E-state index in [0.717, 1.165) is 49.4 Å². The summed E-state index contributed by atoms with van der Waals surface area (Å²) >= 11 is 21.4. The van der Waals surface area contributed by atoms with Crippen molar-refractivity contribution in [2.75, 3.05) is 26.4 Å². The van der Waals surface area contributed by atoms with Crippen molar-refractivity contribution >= 4 is 59.5 Å². The van der Waals surface area contributed by atoms with E-state index >= 15 is 0 Å². The molecule has 11 heteroatoms. The molecule has 0 aromatic rings. The van der Waals surface area contributed by atoms with Crippen molar-refractivity contribution in [3.8, 4) is 0 Å². The Morgan fingerprint density at radius 2 is 0.581 bits per heavy atom. The Morgan fingerprint density at radius 3 is 0.721 bits per heavy atom. The predicted octanol–water partition coefficient (Wildman–Crippen LogP) is 11.9. The van der Waals surface area contributed by atoms with Crippen molar-refractivity contribution in [3.63, 3.8) is 0 Å². The Labute approximate surface area is 303 Å². The van der Waals surface area contributed by atoms with E-state index in [1.807, 2.05) is 0 Å². The van der Waals surface area contributed by atoms with E-state index in [0.29, 0.717) is 50.1 Å². The van der Waals surface area contributed by atoms with Gasteiger partial charge < -0.3 is 42.6 Å². The van der Waals surface area contributed by atoms with Gasteiger partial charge >= 0.3 is 19.5 Å². The first-order valence-electron chi connectivity index (χ1n) is 16.6. The van der Waals surface area contributed by atoms with E-state index in [-0.39, 0.29) is 19.5 Å². The fourth-order valence-corrected chi connectivity index (χ4v) is 7.99. The molecular weight excluding hydrogens is 704 g/mol. The van der Waals surface area contributed by atoms with E-state index in [1.165, 1.54) is 25.7 Å². The number of hydrogen-bond donors (Lipinski definition) is 0. The molecule has 0 N–H and O–H groups in total. The fraction of sp³-hybridized carbons (Fsp3) is 1.00. The number of hydrogen-bond acceptors (Lipinski definition) is 8. The predicted molar refractivity (Wildman–Crippen MR) is 200 cm³/mol. The maximum atomic E-state index is 5.74. The molecule has 0 aliphatic heterocycles. The topological polar surface area (TPSA) is 36.9 Å². The largest absolute Gasteiger partial charge is 2.00 e. The average Bonchev–Trinajstić information content (AvgIpc) is 2.93. The van der Waals surface area contributed by atoms with Crippen LogP contribution in [0.25, 0.3) is 0 Å². The molecule has 4 nitrogen and oxygen atoms in total. The van der Waals surface area contributed by atoms with E-state index in [1.54, 1.807) is 0 Å². The van der Waals surface area contributed by atoms with Gasteiger partial charge in [-0.2, -0.15) is 0 Å². The van der Waals surface area contributed by atoms with Gasteiger partial charge in [-0.1, -0.05) is 132 Å². The summed E-state index contributed by atoms with van der Waals surface area (Å²) in [5.74, 6) is 4.87. The van der Waals surface area contributed by atoms with E-state index < -0.39 is 11.4 Å². The number of rotatable bonds is 24. The second-order valence-electron chi connectivity index (χ2n) is 13.5. The van der Waals surface area contributed by atoms with Gasteiger partial charge in [0.15, 0.2) is 0 Å². The Balaban J connectivity index is -0.000000727. The molecule has 0 amide bonds. The van der Waals surface area contributed by atoms with Crippen molar-refractivity contribution < 1.29 is 37.6 Å². The monoisotopic (exact) mass is 770 g/mol. The molecule has 0 aromatic carbocycles. The summed E-state index contributed by atoms with van der Waals surface area (Å²) in [6, 6.07) is 0. The van der Waals surface area contributed by atoms with Crippen molar-refractivity contribution in [2.24, 2.45) is 47.3 Å². The van der Waals surface area contributed by atoms with E-state index in [4.69, 9.17) is 66.2 Å². The maximum absolute atomic E-state index is 5.74. The third kappa shape index (κ3) is 31.5. The zero-order valence-electron chi connectivity index (χ0n) is 30.0. The smallest absolute Gasteiger partial charge is 0.691 e. The minimum atomic E-state index is -2.49. The van der Waals surface area contributed by atoms with Gasteiger partial charge in [-0.15, -0.1) is 0 Å². The molecule has 8 unspecified atom stereocenters. The van der Waals surface area contributed by atoms with Crippen LogP contribution in [0.3, 0.4) is 0 Å². The summed E-state index contributed by atoms with van der Waals surface area (Å²) in [5.41, 5.74) is -4.97. The third-order valence-corrected chi connectivity index (χ3v) is 12.5. The quantitative estimate of drug-likeness (QED) is 0.0545. The zero-order chi connectivity index (χ0) is 32.9. The van der Waals surface area contributed by atoms with Crippen molar-refractivity contribution in [3.05, 3.63) is 0 Å². The van der Waals surface area contributed by atoms with Crippen molar-refractivity contribution in [1.29, 1.82) is 0 Å². The fourth-order valence-electron chi connectivity index (χ4n) is 4.64. The molecule has 0 fully saturated rings. The second kappa shape index (κ2) is 28.3. The van der Waals surface area contributed by atoms with Crippen LogP contribution in [0.5, 0.6) is 0 Å². The molecule has 0 bridgehead atoms. The molecule has 0 spiro atoms. The van der Waals surface area contributed by atoms with Gasteiger partial charge in [0.2, 0.25) is 0 Å². The Morgan fingerprint density at radius 1 is 0.419 bits per heavy atom. The van der Waals surface area contributed by atoms with Crippen molar-refractivity contribution in [1.82, 2.24) is 0 Å². The standard InChI is InChI=1S/2C16H35O2PS2.Zn/c2*1-7-13(3)9-15(5)11-17-19(20,21)18-12-16(6)10-14(4)8-2;/h2*13-16H,7-12H2,1-6H3,(H,20,21);/q;;+2/p-2. The van der Waals surface area contributed by atoms with Gasteiger partial charge in [-0.05, 0) is 73.0 Å².